The number of rotatable bonds is 7. The standard InChI is InChI=1S/C19H23ClN2O/c1-4-6-7-8-9-22-19(23-10-5-2)14-18(21-22)16-11-15(3)12-17(20)13-16/h6-9,11-14H,4-5,10H2,1-3H3/b7-6+,9-8+. The molecule has 1 aromatic heterocycles. The Morgan fingerprint density at radius 2 is 2.00 bits per heavy atom. The van der Waals surface area contributed by atoms with Gasteiger partial charge < -0.3 is 4.74 Å². The van der Waals surface area contributed by atoms with Crippen LogP contribution in [0.3, 0.4) is 0 Å². The molecule has 0 N–H and O–H groups in total. The van der Waals surface area contributed by atoms with E-state index in [2.05, 4.69) is 31.1 Å². The molecule has 4 heteroatoms. The number of benzene rings is 1. The van der Waals surface area contributed by atoms with E-state index in [1.165, 1.54) is 0 Å². The van der Waals surface area contributed by atoms with E-state index in [-0.39, 0.29) is 0 Å². The van der Waals surface area contributed by atoms with Crippen LogP contribution in [-0.2, 0) is 0 Å². The molecule has 23 heavy (non-hydrogen) atoms. The van der Waals surface area contributed by atoms with Gasteiger partial charge >= 0.3 is 0 Å². The van der Waals surface area contributed by atoms with Crippen LogP contribution in [-0.4, -0.2) is 16.4 Å². The summed E-state index contributed by atoms with van der Waals surface area (Å²) in [6.45, 7) is 6.88. The highest BCUT2D eigenvalue weighted by molar-refractivity contribution is 6.30. The minimum atomic E-state index is 0.665. The zero-order valence-electron chi connectivity index (χ0n) is 13.9. The third-order valence-electron chi connectivity index (χ3n) is 3.20. The molecular formula is C19H23ClN2O. The number of nitrogens with zero attached hydrogens (tertiary/aromatic N) is 2. The van der Waals surface area contributed by atoms with E-state index >= 15 is 0 Å². The summed E-state index contributed by atoms with van der Waals surface area (Å²) in [5.41, 5.74) is 2.96. The summed E-state index contributed by atoms with van der Waals surface area (Å²) < 4.78 is 7.56. The fourth-order valence-electron chi connectivity index (χ4n) is 2.17. The smallest absolute Gasteiger partial charge is 0.216 e. The van der Waals surface area contributed by atoms with Gasteiger partial charge in [-0.2, -0.15) is 5.10 Å². The fourth-order valence-corrected chi connectivity index (χ4v) is 2.46. The molecule has 0 fully saturated rings. The number of aromatic nitrogens is 2. The lowest BCUT2D eigenvalue weighted by molar-refractivity contribution is 0.298. The van der Waals surface area contributed by atoms with Gasteiger partial charge in [0.25, 0.3) is 0 Å². The van der Waals surface area contributed by atoms with Crippen LogP contribution in [0.25, 0.3) is 17.5 Å². The molecule has 0 saturated heterocycles. The minimum absolute atomic E-state index is 0.665. The summed E-state index contributed by atoms with van der Waals surface area (Å²) in [5, 5.41) is 5.34. The predicted molar refractivity (Wildman–Crippen MR) is 98.0 cm³/mol. The first-order valence-electron chi connectivity index (χ1n) is 7.97. The molecule has 2 aromatic rings. The molecule has 2 rings (SSSR count). The largest absolute Gasteiger partial charge is 0.478 e. The highest BCUT2D eigenvalue weighted by Crippen LogP contribution is 2.27. The van der Waals surface area contributed by atoms with Crippen molar-refractivity contribution in [1.82, 2.24) is 9.78 Å². The van der Waals surface area contributed by atoms with Crippen LogP contribution in [0.1, 0.15) is 32.3 Å². The number of aryl methyl sites for hydroxylation is 1. The molecule has 0 unspecified atom stereocenters. The van der Waals surface area contributed by atoms with Gasteiger partial charge in [0.1, 0.15) is 0 Å². The van der Waals surface area contributed by atoms with Crippen molar-refractivity contribution in [2.45, 2.75) is 33.6 Å². The Balaban J connectivity index is 2.35. The molecular weight excluding hydrogens is 308 g/mol. The molecule has 0 aliphatic carbocycles. The number of hydrogen-bond acceptors (Lipinski definition) is 2. The van der Waals surface area contributed by atoms with E-state index in [1.54, 1.807) is 4.68 Å². The van der Waals surface area contributed by atoms with Gasteiger partial charge in [0.05, 0.1) is 12.3 Å². The number of ether oxygens (including phenoxy) is 1. The van der Waals surface area contributed by atoms with Gasteiger partial charge in [-0.05, 0) is 49.6 Å². The van der Waals surface area contributed by atoms with Crippen molar-refractivity contribution in [3.63, 3.8) is 0 Å². The van der Waals surface area contributed by atoms with Crippen molar-refractivity contribution in [3.8, 4) is 17.1 Å². The topological polar surface area (TPSA) is 27.1 Å². The van der Waals surface area contributed by atoms with Gasteiger partial charge in [-0.3, -0.25) is 0 Å². The van der Waals surface area contributed by atoms with E-state index in [1.807, 2.05) is 43.5 Å². The zero-order valence-corrected chi connectivity index (χ0v) is 14.7. The zero-order chi connectivity index (χ0) is 16.7. The molecule has 0 atom stereocenters. The predicted octanol–water partition coefficient (Wildman–Crippen LogP) is 5.74. The summed E-state index contributed by atoms with van der Waals surface area (Å²) in [7, 11) is 0. The molecule has 0 spiro atoms. The number of hydrogen-bond donors (Lipinski definition) is 0. The summed E-state index contributed by atoms with van der Waals surface area (Å²) >= 11 is 6.16. The molecule has 3 nitrogen and oxygen atoms in total. The molecule has 0 amide bonds. The Bertz CT molecular complexity index is 681. The third kappa shape index (κ3) is 5.00. The molecule has 1 heterocycles. The molecule has 0 aliphatic rings. The maximum Gasteiger partial charge on any atom is 0.216 e. The third-order valence-corrected chi connectivity index (χ3v) is 3.42. The van der Waals surface area contributed by atoms with E-state index < -0.39 is 0 Å². The minimum Gasteiger partial charge on any atom is -0.478 e. The number of allylic oxidation sites excluding steroid dienone is 3. The van der Waals surface area contributed by atoms with E-state index in [4.69, 9.17) is 16.3 Å². The van der Waals surface area contributed by atoms with Crippen molar-refractivity contribution >= 4 is 17.8 Å². The second-order valence-corrected chi connectivity index (χ2v) is 5.79. The van der Waals surface area contributed by atoms with Crippen molar-refractivity contribution in [2.75, 3.05) is 6.61 Å². The first-order valence-corrected chi connectivity index (χ1v) is 8.35. The quantitative estimate of drug-likeness (QED) is 0.605. The van der Waals surface area contributed by atoms with Crippen LogP contribution in [0.4, 0.5) is 0 Å². The van der Waals surface area contributed by atoms with Crippen molar-refractivity contribution < 1.29 is 4.74 Å². The van der Waals surface area contributed by atoms with Gasteiger partial charge in [-0.1, -0.05) is 37.6 Å². The van der Waals surface area contributed by atoms with Crippen molar-refractivity contribution in [3.05, 3.63) is 53.1 Å². The maximum atomic E-state index is 6.16. The summed E-state index contributed by atoms with van der Waals surface area (Å²) in [6, 6.07) is 7.88. The lowest BCUT2D eigenvalue weighted by Gasteiger charge is -2.03. The highest BCUT2D eigenvalue weighted by atomic mass is 35.5. The average Bonchev–Trinajstić information content (AvgIpc) is 2.92. The normalized spacial score (nSPS) is 11.7. The second-order valence-electron chi connectivity index (χ2n) is 5.36. The SMILES string of the molecule is CC/C=C/C=C/n1nc(-c2cc(C)cc(Cl)c2)cc1OCCC. The van der Waals surface area contributed by atoms with Crippen LogP contribution < -0.4 is 4.74 Å². The fraction of sp³-hybridized carbons (Fsp3) is 0.316. The van der Waals surface area contributed by atoms with Gasteiger partial charge in [-0.15, -0.1) is 0 Å². The first-order chi connectivity index (χ1) is 11.1. The summed E-state index contributed by atoms with van der Waals surface area (Å²) in [4.78, 5) is 0. The Morgan fingerprint density at radius 3 is 2.70 bits per heavy atom. The Labute approximate surface area is 143 Å². The van der Waals surface area contributed by atoms with Crippen LogP contribution in [0.15, 0.2) is 42.5 Å². The van der Waals surface area contributed by atoms with Crippen LogP contribution in [0.2, 0.25) is 5.02 Å². The molecule has 0 saturated carbocycles. The highest BCUT2D eigenvalue weighted by Gasteiger charge is 2.10. The van der Waals surface area contributed by atoms with Crippen LogP contribution >= 0.6 is 11.6 Å². The van der Waals surface area contributed by atoms with Crippen molar-refractivity contribution in [1.29, 1.82) is 0 Å². The molecule has 1 aromatic carbocycles. The monoisotopic (exact) mass is 330 g/mol. The first kappa shape index (κ1) is 17.4. The second kappa shape index (κ2) is 8.59. The van der Waals surface area contributed by atoms with Gasteiger partial charge in [0, 0.05) is 22.9 Å². The van der Waals surface area contributed by atoms with E-state index in [0.717, 1.165) is 35.5 Å². The summed E-state index contributed by atoms with van der Waals surface area (Å²) in [6.07, 6.45) is 9.93. The lowest BCUT2D eigenvalue weighted by Crippen LogP contribution is -2.00. The van der Waals surface area contributed by atoms with Gasteiger partial charge in [0.2, 0.25) is 5.88 Å². The average molecular weight is 331 g/mol. The number of halogens is 1. The van der Waals surface area contributed by atoms with Crippen molar-refractivity contribution in [2.24, 2.45) is 0 Å². The Hall–Kier alpha value is -2.00. The Morgan fingerprint density at radius 1 is 1.17 bits per heavy atom. The molecule has 122 valence electrons. The van der Waals surface area contributed by atoms with Gasteiger partial charge in [-0.25, -0.2) is 4.68 Å². The van der Waals surface area contributed by atoms with Crippen LogP contribution in [0.5, 0.6) is 5.88 Å². The lowest BCUT2D eigenvalue weighted by atomic mass is 10.1. The van der Waals surface area contributed by atoms with E-state index in [9.17, 15) is 0 Å². The van der Waals surface area contributed by atoms with Gasteiger partial charge in [0.15, 0.2) is 0 Å². The molecule has 0 aliphatic heterocycles. The van der Waals surface area contributed by atoms with Crippen LogP contribution in [0, 0.1) is 6.92 Å². The summed E-state index contributed by atoms with van der Waals surface area (Å²) in [5.74, 6) is 0.737. The maximum absolute atomic E-state index is 6.16. The molecule has 0 radical (unpaired) electrons. The van der Waals surface area contributed by atoms with E-state index in [0.29, 0.717) is 11.6 Å². The Kier molecular flexibility index (Phi) is 6.48. The molecule has 0 bridgehead atoms.